The molecule has 20 heavy (non-hydrogen) atoms. The van der Waals surface area contributed by atoms with Gasteiger partial charge in [0.25, 0.3) is 5.91 Å². The minimum Gasteiger partial charge on any atom is -0.390 e. The molecule has 1 aromatic heterocycles. The molecule has 0 aromatic carbocycles. The fourth-order valence-corrected chi connectivity index (χ4v) is 2.36. The lowest BCUT2D eigenvalue weighted by Crippen LogP contribution is -2.34. The number of hydrogen-bond donors (Lipinski definition) is 2. The summed E-state index contributed by atoms with van der Waals surface area (Å²) in [5.74, 6) is 0.495. The molecule has 1 fully saturated rings. The molecule has 2 rings (SSSR count). The molecule has 1 saturated heterocycles. The Hall–Kier alpha value is -1.69. The number of anilines is 1. The summed E-state index contributed by atoms with van der Waals surface area (Å²) in [5, 5.41) is 13.1. The lowest BCUT2D eigenvalue weighted by atomic mass is 9.98. The van der Waals surface area contributed by atoms with Crippen LogP contribution in [0, 0.1) is 0 Å². The predicted molar refractivity (Wildman–Crippen MR) is 76.6 cm³/mol. The van der Waals surface area contributed by atoms with Gasteiger partial charge in [-0.05, 0) is 33.1 Å². The number of carbonyl (C=O) groups is 1. The van der Waals surface area contributed by atoms with Crippen LogP contribution in [0.3, 0.4) is 0 Å². The number of amides is 1. The van der Waals surface area contributed by atoms with Crippen LogP contribution in [-0.2, 0) is 0 Å². The fourth-order valence-electron chi connectivity index (χ4n) is 2.36. The highest BCUT2D eigenvalue weighted by Crippen LogP contribution is 2.22. The molecule has 6 heteroatoms. The van der Waals surface area contributed by atoms with Crippen LogP contribution < -0.4 is 5.32 Å². The standard InChI is InChI=1S/C14H22N4O2/c1-3-16-12-10-15-9-11(17-12)13(19)18-7-4-5-14(2,20)6-8-18/h9-10,20H,3-8H2,1-2H3,(H,16,17). The maximum atomic E-state index is 12.4. The molecule has 0 bridgehead atoms. The summed E-state index contributed by atoms with van der Waals surface area (Å²) in [6, 6.07) is 0. The summed E-state index contributed by atoms with van der Waals surface area (Å²) in [6.45, 7) is 5.74. The topological polar surface area (TPSA) is 78.4 Å². The second-order valence-corrected chi connectivity index (χ2v) is 5.46. The molecule has 1 amide bonds. The Morgan fingerprint density at radius 2 is 2.25 bits per heavy atom. The molecular formula is C14H22N4O2. The summed E-state index contributed by atoms with van der Waals surface area (Å²) in [7, 11) is 0. The largest absolute Gasteiger partial charge is 0.390 e. The van der Waals surface area contributed by atoms with Crippen molar-refractivity contribution in [2.75, 3.05) is 25.0 Å². The maximum absolute atomic E-state index is 12.4. The summed E-state index contributed by atoms with van der Waals surface area (Å²) >= 11 is 0. The molecule has 6 nitrogen and oxygen atoms in total. The highest BCUT2D eigenvalue weighted by Gasteiger charge is 2.28. The van der Waals surface area contributed by atoms with Gasteiger partial charge in [-0.1, -0.05) is 0 Å². The third-order valence-electron chi connectivity index (χ3n) is 3.56. The van der Waals surface area contributed by atoms with Gasteiger partial charge in [0.1, 0.15) is 11.5 Å². The zero-order chi connectivity index (χ0) is 14.6. The van der Waals surface area contributed by atoms with E-state index in [2.05, 4.69) is 15.3 Å². The van der Waals surface area contributed by atoms with E-state index in [1.54, 1.807) is 11.1 Å². The molecule has 0 radical (unpaired) electrons. The molecular weight excluding hydrogens is 256 g/mol. The minimum absolute atomic E-state index is 0.116. The number of likely N-dealkylation sites (tertiary alicyclic amines) is 1. The molecule has 1 unspecified atom stereocenters. The van der Waals surface area contributed by atoms with Crippen LogP contribution in [0.15, 0.2) is 12.4 Å². The quantitative estimate of drug-likeness (QED) is 0.871. The summed E-state index contributed by atoms with van der Waals surface area (Å²) in [6.07, 6.45) is 5.22. The van der Waals surface area contributed by atoms with Crippen LogP contribution in [0.1, 0.15) is 43.6 Å². The molecule has 2 heterocycles. The Balaban J connectivity index is 2.08. The van der Waals surface area contributed by atoms with Gasteiger partial charge < -0.3 is 15.3 Å². The second-order valence-electron chi connectivity index (χ2n) is 5.46. The Morgan fingerprint density at radius 3 is 3.00 bits per heavy atom. The number of nitrogens with zero attached hydrogens (tertiary/aromatic N) is 3. The van der Waals surface area contributed by atoms with Gasteiger partial charge in [-0.25, -0.2) is 4.98 Å². The average molecular weight is 278 g/mol. The molecule has 1 aromatic rings. The van der Waals surface area contributed by atoms with Crippen molar-refractivity contribution < 1.29 is 9.90 Å². The van der Waals surface area contributed by atoms with Gasteiger partial charge in [-0.3, -0.25) is 9.78 Å². The van der Waals surface area contributed by atoms with Crippen molar-refractivity contribution in [3.63, 3.8) is 0 Å². The van der Waals surface area contributed by atoms with Crippen LogP contribution in [0.2, 0.25) is 0 Å². The van der Waals surface area contributed by atoms with Crippen molar-refractivity contribution >= 4 is 11.7 Å². The zero-order valence-electron chi connectivity index (χ0n) is 12.1. The van der Waals surface area contributed by atoms with E-state index in [9.17, 15) is 9.90 Å². The van der Waals surface area contributed by atoms with Crippen LogP contribution >= 0.6 is 0 Å². The first-order chi connectivity index (χ1) is 9.52. The zero-order valence-corrected chi connectivity index (χ0v) is 12.1. The van der Waals surface area contributed by atoms with E-state index >= 15 is 0 Å². The molecule has 1 aliphatic heterocycles. The van der Waals surface area contributed by atoms with Crippen molar-refractivity contribution in [3.8, 4) is 0 Å². The third-order valence-corrected chi connectivity index (χ3v) is 3.56. The van der Waals surface area contributed by atoms with E-state index in [1.165, 1.54) is 6.20 Å². The minimum atomic E-state index is -0.674. The normalized spacial score (nSPS) is 23.2. The molecule has 0 spiro atoms. The van der Waals surface area contributed by atoms with Crippen molar-refractivity contribution in [1.82, 2.24) is 14.9 Å². The van der Waals surface area contributed by atoms with Crippen molar-refractivity contribution in [2.45, 2.75) is 38.7 Å². The fraction of sp³-hybridized carbons (Fsp3) is 0.643. The maximum Gasteiger partial charge on any atom is 0.274 e. The number of rotatable bonds is 3. The van der Waals surface area contributed by atoms with E-state index in [0.717, 1.165) is 19.4 Å². The lowest BCUT2D eigenvalue weighted by molar-refractivity contribution is 0.0437. The van der Waals surface area contributed by atoms with Gasteiger partial charge in [0.05, 0.1) is 18.0 Å². The van der Waals surface area contributed by atoms with E-state index in [4.69, 9.17) is 0 Å². The van der Waals surface area contributed by atoms with Gasteiger partial charge >= 0.3 is 0 Å². The van der Waals surface area contributed by atoms with Crippen molar-refractivity contribution in [1.29, 1.82) is 0 Å². The van der Waals surface area contributed by atoms with Gasteiger partial charge in [0, 0.05) is 19.6 Å². The van der Waals surface area contributed by atoms with Crippen molar-refractivity contribution in [3.05, 3.63) is 18.1 Å². The Labute approximate surface area is 119 Å². The number of aliphatic hydroxyl groups is 1. The van der Waals surface area contributed by atoms with Crippen molar-refractivity contribution in [2.24, 2.45) is 0 Å². The molecule has 2 N–H and O–H groups in total. The lowest BCUT2D eigenvalue weighted by Gasteiger charge is -2.22. The number of carbonyl (C=O) groups excluding carboxylic acids is 1. The summed E-state index contributed by atoms with van der Waals surface area (Å²) in [4.78, 5) is 22.5. The highest BCUT2D eigenvalue weighted by atomic mass is 16.3. The number of nitrogens with one attached hydrogen (secondary N) is 1. The van der Waals surface area contributed by atoms with E-state index in [1.807, 2.05) is 13.8 Å². The van der Waals surface area contributed by atoms with Crippen LogP contribution in [-0.4, -0.2) is 51.1 Å². The van der Waals surface area contributed by atoms with Gasteiger partial charge in [-0.15, -0.1) is 0 Å². The third kappa shape index (κ3) is 3.66. The smallest absolute Gasteiger partial charge is 0.274 e. The van der Waals surface area contributed by atoms with Crippen LogP contribution in [0.5, 0.6) is 0 Å². The molecule has 110 valence electrons. The average Bonchev–Trinajstić information content (AvgIpc) is 2.60. The van der Waals surface area contributed by atoms with E-state index in [0.29, 0.717) is 31.0 Å². The Kier molecular flexibility index (Phi) is 4.54. The molecule has 1 aliphatic rings. The first-order valence-electron chi connectivity index (χ1n) is 7.09. The summed E-state index contributed by atoms with van der Waals surface area (Å²) < 4.78 is 0. The van der Waals surface area contributed by atoms with Crippen LogP contribution in [0.25, 0.3) is 0 Å². The van der Waals surface area contributed by atoms with Gasteiger partial charge in [-0.2, -0.15) is 0 Å². The first kappa shape index (κ1) is 14.7. The second kappa shape index (κ2) is 6.17. The van der Waals surface area contributed by atoms with Gasteiger partial charge in [0.15, 0.2) is 0 Å². The van der Waals surface area contributed by atoms with Gasteiger partial charge in [0.2, 0.25) is 0 Å². The Morgan fingerprint density at radius 1 is 1.45 bits per heavy atom. The molecule has 0 saturated carbocycles. The SMILES string of the molecule is CCNc1cncc(C(=O)N2CCCC(C)(O)CC2)n1. The predicted octanol–water partition coefficient (Wildman–Crippen LogP) is 1.29. The molecule has 1 atom stereocenters. The highest BCUT2D eigenvalue weighted by molar-refractivity contribution is 5.92. The first-order valence-corrected chi connectivity index (χ1v) is 7.09. The monoisotopic (exact) mass is 278 g/mol. The molecule has 0 aliphatic carbocycles. The number of aromatic nitrogens is 2. The van der Waals surface area contributed by atoms with Crippen LogP contribution in [0.4, 0.5) is 5.82 Å². The summed E-state index contributed by atoms with van der Waals surface area (Å²) in [5.41, 5.74) is -0.322. The van der Waals surface area contributed by atoms with E-state index in [-0.39, 0.29) is 5.91 Å². The number of hydrogen-bond acceptors (Lipinski definition) is 5. The Bertz CT molecular complexity index is 476. The van der Waals surface area contributed by atoms with E-state index < -0.39 is 5.60 Å².